The second-order valence-corrected chi connectivity index (χ2v) is 7.03. The van der Waals surface area contributed by atoms with Gasteiger partial charge in [-0.1, -0.05) is 0 Å². The summed E-state index contributed by atoms with van der Waals surface area (Å²) in [4.78, 5) is 30.6. The molecule has 1 fully saturated rings. The zero-order valence-corrected chi connectivity index (χ0v) is 15.4. The van der Waals surface area contributed by atoms with Crippen molar-refractivity contribution in [3.63, 3.8) is 0 Å². The van der Waals surface area contributed by atoms with Gasteiger partial charge in [0.25, 0.3) is 5.91 Å². The normalized spacial score (nSPS) is 15.3. The van der Waals surface area contributed by atoms with Crippen molar-refractivity contribution in [1.82, 2.24) is 25.0 Å². The van der Waals surface area contributed by atoms with Crippen LogP contribution in [0.4, 0.5) is 4.39 Å². The summed E-state index contributed by atoms with van der Waals surface area (Å²) in [6.07, 6.45) is 6.78. The van der Waals surface area contributed by atoms with E-state index in [2.05, 4.69) is 15.4 Å². The van der Waals surface area contributed by atoms with Crippen LogP contribution in [0.1, 0.15) is 29.7 Å². The maximum atomic E-state index is 13.9. The number of hydrogen-bond acceptors (Lipinski definition) is 4. The summed E-state index contributed by atoms with van der Waals surface area (Å²) in [5.41, 5.74) is 0.441. The third-order valence-corrected chi connectivity index (χ3v) is 4.99. The first-order valence-electron chi connectivity index (χ1n) is 9.13. The summed E-state index contributed by atoms with van der Waals surface area (Å²) in [5, 5.41) is 7.95. The Hall–Kier alpha value is -3.29. The van der Waals surface area contributed by atoms with Gasteiger partial charge in [0, 0.05) is 60.6 Å². The molecule has 7 nitrogen and oxygen atoms in total. The first-order chi connectivity index (χ1) is 13.5. The minimum Gasteiger partial charge on any atom is -0.350 e. The maximum absolute atomic E-state index is 13.9. The van der Waals surface area contributed by atoms with Crippen LogP contribution in [0, 0.1) is 5.82 Å². The summed E-state index contributed by atoms with van der Waals surface area (Å²) in [6.45, 7) is 2.80. The smallest absolute Gasteiger partial charge is 0.254 e. The van der Waals surface area contributed by atoms with Gasteiger partial charge in [0.05, 0.1) is 12.1 Å². The number of hydrogen-bond donors (Lipinski definition) is 1. The highest BCUT2D eigenvalue weighted by Crippen LogP contribution is 2.24. The van der Waals surface area contributed by atoms with Crippen molar-refractivity contribution in [2.24, 2.45) is 0 Å². The van der Waals surface area contributed by atoms with Gasteiger partial charge in [-0.05, 0) is 31.2 Å². The van der Waals surface area contributed by atoms with E-state index >= 15 is 0 Å². The highest BCUT2D eigenvalue weighted by molar-refractivity contribution is 6.07. The Labute approximate surface area is 161 Å². The molecule has 144 valence electrons. The number of rotatable bonds is 5. The van der Waals surface area contributed by atoms with Crippen molar-refractivity contribution >= 4 is 22.6 Å². The molecule has 0 radical (unpaired) electrons. The van der Waals surface area contributed by atoms with Crippen LogP contribution >= 0.6 is 0 Å². The number of aromatic nitrogens is 3. The molecular weight excluding hydrogens is 361 g/mol. The van der Waals surface area contributed by atoms with Gasteiger partial charge in [-0.15, -0.1) is 0 Å². The molecule has 8 heteroatoms. The summed E-state index contributed by atoms with van der Waals surface area (Å²) < 4.78 is 15.7. The quantitative estimate of drug-likeness (QED) is 0.735. The third-order valence-electron chi connectivity index (χ3n) is 4.99. The van der Waals surface area contributed by atoms with E-state index in [0.29, 0.717) is 35.8 Å². The van der Waals surface area contributed by atoms with Crippen LogP contribution in [0.25, 0.3) is 10.8 Å². The van der Waals surface area contributed by atoms with E-state index in [9.17, 15) is 14.0 Å². The van der Waals surface area contributed by atoms with Crippen LogP contribution < -0.4 is 5.32 Å². The average Bonchev–Trinajstić information content (AvgIpc) is 3.19. The average molecular weight is 381 g/mol. The number of nitrogens with zero attached hydrogens (tertiary/aromatic N) is 4. The minimum absolute atomic E-state index is 0.0352. The van der Waals surface area contributed by atoms with Crippen molar-refractivity contribution in [3.8, 4) is 0 Å². The van der Waals surface area contributed by atoms with Crippen molar-refractivity contribution in [2.45, 2.75) is 25.4 Å². The molecule has 0 bridgehead atoms. The molecule has 28 heavy (non-hydrogen) atoms. The topological polar surface area (TPSA) is 80.1 Å². The van der Waals surface area contributed by atoms with Gasteiger partial charge in [0.2, 0.25) is 5.91 Å². The van der Waals surface area contributed by atoms with E-state index in [1.54, 1.807) is 28.0 Å². The van der Waals surface area contributed by atoms with Crippen LogP contribution in [0.3, 0.4) is 0 Å². The summed E-state index contributed by atoms with van der Waals surface area (Å²) >= 11 is 0. The molecule has 3 heterocycles. The SMILES string of the molecule is CC(CC(=O)NC1CN(C(=O)c2ccc(F)c3cnccc23)C1)n1cccn1. The number of amides is 2. The molecule has 0 saturated carbocycles. The van der Waals surface area contributed by atoms with Gasteiger partial charge in [-0.2, -0.15) is 5.10 Å². The lowest BCUT2D eigenvalue weighted by Gasteiger charge is -2.39. The van der Waals surface area contributed by atoms with Gasteiger partial charge in [-0.3, -0.25) is 19.3 Å². The summed E-state index contributed by atoms with van der Waals surface area (Å²) in [5.74, 6) is -0.648. The van der Waals surface area contributed by atoms with Crippen LogP contribution in [0.5, 0.6) is 0 Å². The number of benzene rings is 1. The molecule has 4 rings (SSSR count). The van der Waals surface area contributed by atoms with Gasteiger partial charge in [0.15, 0.2) is 0 Å². The number of carbonyl (C=O) groups excluding carboxylic acids is 2. The zero-order valence-electron chi connectivity index (χ0n) is 15.4. The lowest BCUT2D eigenvalue weighted by molar-refractivity contribution is -0.123. The fourth-order valence-corrected chi connectivity index (χ4v) is 3.44. The van der Waals surface area contributed by atoms with E-state index in [0.717, 1.165) is 0 Å². The van der Waals surface area contributed by atoms with Crippen LogP contribution in [0.2, 0.25) is 0 Å². The number of halogens is 1. The lowest BCUT2D eigenvalue weighted by atomic mass is 10.0. The Morgan fingerprint density at radius 3 is 2.82 bits per heavy atom. The molecule has 3 aromatic rings. The van der Waals surface area contributed by atoms with Gasteiger partial charge >= 0.3 is 0 Å². The van der Waals surface area contributed by atoms with E-state index in [-0.39, 0.29) is 23.9 Å². The predicted octanol–water partition coefficient (Wildman–Crippen LogP) is 2.16. The van der Waals surface area contributed by atoms with Crippen LogP contribution in [-0.2, 0) is 4.79 Å². The second-order valence-electron chi connectivity index (χ2n) is 7.03. The first-order valence-corrected chi connectivity index (χ1v) is 9.13. The number of nitrogens with one attached hydrogen (secondary N) is 1. The monoisotopic (exact) mass is 381 g/mol. The molecule has 2 amide bonds. The van der Waals surface area contributed by atoms with Gasteiger partial charge < -0.3 is 10.2 Å². The molecular formula is C20H20FN5O2. The number of fused-ring (bicyclic) bond motifs is 1. The molecule has 1 saturated heterocycles. The molecule has 2 aromatic heterocycles. The van der Waals surface area contributed by atoms with Crippen LogP contribution in [-0.4, -0.2) is 50.6 Å². The number of pyridine rings is 1. The molecule has 1 unspecified atom stereocenters. The first kappa shape index (κ1) is 18.1. The predicted molar refractivity (Wildman–Crippen MR) is 101 cm³/mol. The van der Waals surface area contributed by atoms with Crippen molar-refractivity contribution in [2.75, 3.05) is 13.1 Å². The molecule has 1 aliphatic heterocycles. The van der Waals surface area contributed by atoms with Crippen LogP contribution in [0.15, 0.2) is 49.1 Å². The Balaban J connectivity index is 1.35. The Kier molecular flexibility index (Phi) is 4.77. The van der Waals surface area contributed by atoms with Gasteiger partial charge in [0.1, 0.15) is 5.82 Å². The Morgan fingerprint density at radius 2 is 2.07 bits per heavy atom. The number of likely N-dealkylation sites (tertiary alicyclic amines) is 1. The highest BCUT2D eigenvalue weighted by atomic mass is 19.1. The van der Waals surface area contributed by atoms with E-state index in [1.165, 1.54) is 18.3 Å². The zero-order chi connectivity index (χ0) is 19.7. The molecule has 0 spiro atoms. The third kappa shape index (κ3) is 3.45. The summed E-state index contributed by atoms with van der Waals surface area (Å²) in [7, 11) is 0. The minimum atomic E-state index is -0.403. The molecule has 1 aromatic carbocycles. The van der Waals surface area contributed by atoms with Crippen molar-refractivity contribution < 1.29 is 14.0 Å². The Bertz CT molecular complexity index is 1010. The molecule has 0 aliphatic carbocycles. The number of carbonyl (C=O) groups is 2. The lowest BCUT2D eigenvalue weighted by Crippen LogP contribution is -2.61. The van der Waals surface area contributed by atoms with E-state index in [4.69, 9.17) is 0 Å². The Morgan fingerprint density at radius 1 is 1.25 bits per heavy atom. The molecule has 1 aliphatic rings. The van der Waals surface area contributed by atoms with Crippen molar-refractivity contribution in [1.29, 1.82) is 0 Å². The fraction of sp³-hybridized carbons (Fsp3) is 0.300. The fourth-order valence-electron chi connectivity index (χ4n) is 3.44. The largest absolute Gasteiger partial charge is 0.350 e. The maximum Gasteiger partial charge on any atom is 0.254 e. The second kappa shape index (κ2) is 7.38. The highest BCUT2D eigenvalue weighted by Gasteiger charge is 2.33. The standard InChI is InChI=1S/C20H20FN5O2/c1-13(26-8-2-6-23-26)9-19(27)24-14-11-25(12-14)20(28)16-3-4-18(21)17-10-22-7-5-15(16)17/h2-8,10,13-14H,9,11-12H2,1H3,(H,24,27). The van der Waals surface area contributed by atoms with E-state index in [1.807, 2.05) is 19.2 Å². The van der Waals surface area contributed by atoms with E-state index < -0.39 is 5.82 Å². The van der Waals surface area contributed by atoms with Gasteiger partial charge in [-0.25, -0.2) is 4.39 Å². The summed E-state index contributed by atoms with van der Waals surface area (Å²) in [6, 6.07) is 6.13. The molecule has 1 atom stereocenters. The molecule has 1 N–H and O–H groups in total. The van der Waals surface area contributed by atoms with Crippen molar-refractivity contribution in [3.05, 3.63) is 60.4 Å².